The van der Waals surface area contributed by atoms with E-state index in [2.05, 4.69) is 15.9 Å². The van der Waals surface area contributed by atoms with Gasteiger partial charge in [0.05, 0.1) is 6.26 Å². The number of halogens is 2. The van der Waals surface area contributed by atoms with Gasteiger partial charge >= 0.3 is 0 Å². The number of hydrogen-bond donors (Lipinski definition) is 0. The molecule has 0 bridgehead atoms. The van der Waals surface area contributed by atoms with Crippen molar-refractivity contribution in [2.75, 3.05) is 0 Å². The molecular formula is C13H12BrClO. The van der Waals surface area contributed by atoms with Gasteiger partial charge in [-0.05, 0) is 31.0 Å². The van der Waals surface area contributed by atoms with Crippen LogP contribution in [0.5, 0.6) is 0 Å². The molecule has 0 spiro atoms. The fourth-order valence-corrected chi connectivity index (χ4v) is 2.72. The number of alkyl halides is 1. The molecular weight excluding hydrogens is 287 g/mol. The summed E-state index contributed by atoms with van der Waals surface area (Å²) in [6, 6.07) is 9.90. The van der Waals surface area contributed by atoms with Crippen LogP contribution in [-0.4, -0.2) is 0 Å². The Kier molecular flexibility index (Phi) is 3.72. The lowest BCUT2D eigenvalue weighted by Gasteiger charge is -2.10. The summed E-state index contributed by atoms with van der Waals surface area (Å²) in [7, 11) is 0. The maximum absolute atomic E-state index is 6.13. The van der Waals surface area contributed by atoms with Gasteiger partial charge in [-0.25, -0.2) is 0 Å². The summed E-state index contributed by atoms with van der Waals surface area (Å²) >= 11 is 9.79. The average Bonchev–Trinajstić information content (AvgIpc) is 2.68. The fraction of sp³-hybridized carbons (Fsp3) is 0.231. The van der Waals surface area contributed by atoms with Crippen molar-refractivity contribution in [2.45, 2.75) is 18.2 Å². The molecule has 1 nitrogen and oxygen atoms in total. The molecule has 0 fully saturated rings. The van der Waals surface area contributed by atoms with E-state index in [4.69, 9.17) is 16.0 Å². The van der Waals surface area contributed by atoms with E-state index in [1.54, 1.807) is 6.26 Å². The zero-order valence-electron chi connectivity index (χ0n) is 8.91. The normalized spacial score (nSPS) is 12.7. The average molecular weight is 300 g/mol. The molecule has 1 aromatic heterocycles. The van der Waals surface area contributed by atoms with Gasteiger partial charge in [0.1, 0.15) is 5.76 Å². The molecule has 16 heavy (non-hydrogen) atoms. The van der Waals surface area contributed by atoms with Crippen molar-refractivity contribution in [3.8, 4) is 0 Å². The van der Waals surface area contributed by atoms with Crippen molar-refractivity contribution in [2.24, 2.45) is 0 Å². The zero-order valence-corrected chi connectivity index (χ0v) is 11.3. The van der Waals surface area contributed by atoms with Crippen LogP contribution in [0.2, 0.25) is 5.02 Å². The lowest BCUT2D eigenvalue weighted by molar-refractivity contribution is 0.529. The van der Waals surface area contributed by atoms with Gasteiger partial charge < -0.3 is 4.42 Å². The van der Waals surface area contributed by atoms with Crippen LogP contribution in [0.3, 0.4) is 0 Å². The summed E-state index contributed by atoms with van der Waals surface area (Å²) in [5.41, 5.74) is 2.33. The highest BCUT2D eigenvalue weighted by Crippen LogP contribution is 2.31. The molecule has 0 aliphatic heterocycles. The van der Waals surface area contributed by atoms with Gasteiger partial charge in [-0.1, -0.05) is 45.7 Å². The molecule has 0 radical (unpaired) electrons. The minimum Gasteiger partial charge on any atom is -0.469 e. The standard InChI is InChI=1S/C13H12BrClO/c1-9-11(6-7-16-9)12(14)8-10-4-2-3-5-13(10)15/h2-7,12H,8H2,1H3. The van der Waals surface area contributed by atoms with Crippen molar-refractivity contribution in [1.82, 2.24) is 0 Å². The summed E-state index contributed by atoms with van der Waals surface area (Å²) in [5.74, 6) is 0.953. The molecule has 3 heteroatoms. The van der Waals surface area contributed by atoms with E-state index >= 15 is 0 Å². The Balaban J connectivity index is 2.17. The first-order chi connectivity index (χ1) is 7.68. The third kappa shape index (κ3) is 2.50. The lowest BCUT2D eigenvalue weighted by atomic mass is 10.1. The molecule has 0 amide bonds. The molecule has 1 unspecified atom stereocenters. The second kappa shape index (κ2) is 5.07. The maximum atomic E-state index is 6.13. The lowest BCUT2D eigenvalue weighted by Crippen LogP contribution is -1.96. The molecule has 0 aliphatic rings. The summed E-state index contributed by atoms with van der Waals surface area (Å²) < 4.78 is 5.29. The number of hydrogen-bond acceptors (Lipinski definition) is 1. The van der Waals surface area contributed by atoms with E-state index < -0.39 is 0 Å². The topological polar surface area (TPSA) is 13.1 Å². The van der Waals surface area contributed by atoms with Crippen LogP contribution in [0.4, 0.5) is 0 Å². The predicted molar refractivity (Wildman–Crippen MR) is 70.3 cm³/mol. The smallest absolute Gasteiger partial charge is 0.105 e. The third-order valence-electron chi connectivity index (χ3n) is 2.59. The number of furan rings is 1. The molecule has 84 valence electrons. The van der Waals surface area contributed by atoms with E-state index in [0.29, 0.717) is 0 Å². The van der Waals surface area contributed by atoms with Crippen LogP contribution in [0.1, 0.15) is 21.7 Å². The minimum atomic E-state index is 0.242. The molecule has 0 saturated heterocycles. The van der Waals surface area contributed by atoms with Crippen LogP contribution in [0.15, 0.2) is 41.0 Å². The summed E-state index contributed by atoms with van der Waals surface area (Å²) in [5, 5.41) is 0.813. The Morgan fingerprint density at radius 3 is 2.69 bits per heavy atom. The summed E-state index contributed by atoms with van der Waals surface area (Å²) in [6.45, 7) is 1.97. The first kappa shape index (κ1) is 11.7. The van der Waals surface area contributed by atoms with Crippen LogP contribution < -0.4 is 0 Å². The first-order valence-corrected chi connectivity index (χ1v) is 6.39. The predicted octanol–water partition coefficient (Wildman–Crippen LogP) is 4.92. The molecule has 0 N–H and O–H groups in total. The Morgan fingerprint density at radius 1 is 1.31 bits per heavy atom. The monoisotopic (exact) mass is 298 g/mol. The van der Waals surface area contributed by atoms with Crippen LogP contribution in [0, 0.1) is 6.92 Å². The van der Waals surface area contributed by atoms with E-state index in [1.807, 2.05) is 37.3 Å². The second-order valence-electron chi connectivity index (χ2n) is 3.70. The van der Waals surface area contributed by atoms with Gasteiger partial charge in [-0.3, -0.25) is 0 Å². The molecule has 1 aromatic carbocycles. The fourth-order valence-electron chi connectivity index (χ4n) is 1.69. The molecule has 1 atom stereocenters. The van der Waals surface area contributed by atoms with E-state index in [-0.39, 0.29) is 4.83 Å². The van der Waals surface area contributed by atoms with E-state index in [0.717, 1.165) is 22.8 Å². The van der Waals surface area contributed by atoms with E-state index in [9.17, 15) is 0 Å². The van der Waals surface area contributed by atoms with Gasteiger partial charge in [0.25, 0.3) is 0 Å². The van der Waals surface area contributed by atoms with Crippen molar-refractivity contribution in [3.63, 3.8) is 0 Å². The highest BCUT2D eigenvalue weighted by molar-refractivity contribution is 9.09. The van der Waals surface area contributed by atoms with Gasteiger partial charge in [-0.15, -0.1) is 0 Å². The maximum Gasteiger partial charge on any atom is 0.105 e. The van der Waals surface area contributed by atoms with Crippen molar-refractivity contribution in [1.29, 1.82) is 0 Å². The summed E-state index contributed by atoms with van der Waals surface area (Å²) in [6.07, 6.45) is 2.57. The largest absolute Gasteiger partial charge is 0.469 e. The Labute approximate surface area is 109 Å². The van der Waals surface area contributed by atoms with Gasteiger partial charge in [0.15, 0.2) is 0 Å². The van der Waals surface area contributed by atoms with Crippen molar-refractivity contribution < 1.29 is 4.42 Å². The minimum absolute atomic E-state index is 0.242. The Hall–Kier alpha value is -0.730. The van der Waals surface area contributed by atoms with E-state index in [1.165, 1.54) is 5.56 Å². The zero-order chi connectivity index (χ0) is 11.5. The van der Waals surface area contributed by atoms with Gasteiger partial charge in [-0.2, -0.15) is 0 Å². The quantitative estimate of drug-likeness (QED) is 0.733. The number of rotatable bonds is 3. The molecule has 2 rings (SSSR count). The Bertz CT molecular complexity index is 478. The number of aryl methyl sites for hydroxylation is 1. The summed E-state index contributed by atoms with van der Waals surface area (Å²) in [4.78, 5) is 0.242. The molecule has 1 heterocycles. The molecule has 0 saturated carbocycles. The highest BCUT2D eigenvalue weighted by Gasteiger charge is 2.14. The SMILES string of the molecule is Cc1occc1C(Br)Cc1ccccc1Cl. The van der Waals surface area contributed by atoms with Crippen molar-refractivity contribution >= 4 is 27.5 Å². The first-order valence-electron chi connectivity index (χ1n) is 5.10. The number of benzene rings is 1. The third-order valence-corrected chi connectivity index (χ3v) is 3.78. The Morgan fingerprint density at radius 2 is 2.06 bits per heavy atom. The van der Waals surface area contributed by atoms with Gasteiger partial charge in [0, 0.05) is 15.4 Å². The highest BCUT2D eigenvalue weighted by atomic mass is 79.9. The molecule has 2 aromatic rings. The van der Waals surface area contributed by atoms with Crippen LogP contribution in [-0.2, 0) is 6.42 Å². The van der Waals surface area contributed by atoms with Crippen LogP contribution in [0.25, 0.3) is 0 Å². The second-order valence-corrected chi connectivity index (χ2v) is 5.21. The molecule has 0 aliphatic carbocycles. The van der Waals surface area contributed by atoms with Gasteiger partial charge in [0.2, 0.25) is 0 Å². The van der Waals surface area contributed by atoms with Crippen LogP contribution >= 0.6 is 27.5 Å². The van der Waals surface area contributed by atoms with Crippen molar-refractivity contribution in [3.05, 3.63) is 58.5 Å².